The van der Waals surface area contributed by atoms with Crippen molar-refractivity contribution < 1.29 is 14.7 Å². The van der Waals surface area contributed by atoms with Crippen molar-refractivity contribution in [2.24, 2.45) is 13.0 Å². The maximum Gasteiger partial charge on any atom is 0.303 e. The van der Waals surface area contributed by atoms with E-state index in [1.165, 1.54) is 10.8 Å². The summed E-state index contributed by atoms with van der Waals surface area (Å²) >= 11 is 6.06. The van der Waals surface area contributed by atoms with Gasteiger partial charge in [0.2, 0.25) is 5.91 Å². The minimum absolute atomic E-state index is 0.0496. The second-order valence-corrected chi connectivity index (χ2v) is 5.22. The highest BCUT2D eigenvalue weighted by molar-refractivity contribution is 6.31. The molecule has 2 N–H and O–H groups in total. The van der Waals surface area contributed by atoms with Crippen molar-refractivity contribution in [3.8, 4) is 0 Å². The van der Waals surface area contributed by atoms with E-state index >= 15 is 0 Å². The Morgan fingerprint density at radius 1 is 1.52 bits per heavy atom. The third-order valence-electron chi connectivity index (χ3n) is 3.20. The molecular weight excluding hydrogens is 294 g/mol. The van der Waals surface area contributed by atoms with Crippen LogP contribution in [0.1, 0.15) is 31.0 Å². The zero-order valence-electron chi connectivity index (χ0n) is 12.4. The van der Waals surface area contributed by atoms with Crippen molar-refractivity contribution in [1.82, 2.24) is 15.1 Å². The van der Waals surface area contributed by atoms with Gasteiger partial charge >= 0.3 is 5.97 Å². The molecule has 1 aromatic rings. The van der Waals surface area contributed by atoms with E-state index in [1.54, 1.807) is 13.1 Å². The molecule has 0 aliphatic heterocycles. The quantitative estimate of drug-likeness (QED) is 0.754. The second-order valence-electron chi connectivity index (χ2n) is 4.86. The molecule has 1 unspecified atom stereocenters. The Morgan fingerprint density at radius 3 is 2.67 bits per heavy atom. The molecule has 21 heavy (non-hydrogen) atoms. The summed E-state index contributed by atoms with van der Waals surface area (Å²) in [5.74, 6) is -1.20. The Bertz CT molecular complexity index is 552. The Balaban J connectivity index is 2.57. The normalized spacial score (nSPS) is 12.6. The molecule has 0 spiro atoms. The lowest BCUT2D eigenvalue weighted by Crippen LogP contribution is -2.28. The molecule has 0 fully saturated rings. The number of nitrogens with zero attached hydrogens (tertiary/aromatic N) is 2. The van der Waals surface area contributed by atoms with Crippen LogP contribution in [0.3, 0.4) is 0 Å². The van der Waals surface area contributed by atoms with Crippen LogP contribution in [0.25, 0.3) is 6.08 Å². The predicted molar refractivity (Wildman–Crippen MR) is 81.0 cm³/mol. The summed E-state index contributed by atoms with van der Waals surface area (Å²) < 4.78 is 1.54. The first-order valence-corrected chi connectivity index (χ1v) is 7.09. The van der Waals surface area contributed by atoms with E-state index < -0.39 is 5.97 Å². The molecule has 1 heterocycles. The van der Waals surface area contributed by atoms with Gasteiger partial charge in [0.25, 0.3) is 0 Å². The number of carbonyl (C=O) groups is 2. The molecule has 0 saturated carbocycles. The van der Waals surface area contributed by atoms with Crippen LogP contribution in [-0.2, 0) is 16.6 Å². The van der Waals surface area contributed by atoms with Crippen LogP contribution in [-0.4, -0.2) is 33.3 Å². The molecule has 1 rings (SSSR count). The van der Waals surface area contributed by atoms with Crippen molar-refractivity contribution >= 4 is 29.6 Å². The summed E-state index contributed by atoms with van der Waals surface area (Å²) in [5.41, 5.74) is 1.44. The molecular formula is C14H20ClN3O3. The molecule has 0 bridgehead atoms. The van der Waals surface area contributed by atoms with E-state index in [1.807, 2.05) is 13.8 Å². The fourth-order valence-electron chi connectivity index (χ4n) is 1.91. The second kappa shape index (κ2) is 7.83. The van der Waals surface area contributed by atoms with Gasteiger partial charge in [0.05, 0.1) is 5.69 Å². The maximum atomic E-state index is 11.7. The van der Waals surface area contributed by atoms with Crippen LogP contribution in [0.2, 0.25) is 5.15 Å². The van der Waals surface area contributed by atoms with E-state index in [0.29, 0.717) is 23.7 Å². The molecule has 1 atom stereocenters. The zero-order valence-corrected chi connectivity index (χ0v) is 13.1. The Hall–Kier alpha value is -1.82. The van der Waals surface area contributed by atoms with Gasteiger partial charge in [0, 0.05) is 31.7 Å². The van der Waals surface area contributed by atoms with E-state index in [2.05, 4.69) is 10.4 Å². The number of hydrogen-bond acceptors (Lipinski definition) is 3. The topological polar surface area (TPSA) is 84.2 Å². The van der Waals surface area contributed by atoms with E-state index in [0.717, 1.165) is 5.69 Å². The third kappa shape index (κ3) is 5.23. The average Bonchev–Trinajstić information content (AvgIpc) is 2.65. The number of hydrogen-bond donors (Lipinski definition) is 2. The maximum absolute atomic E-state index is 11.7. The minimum atomic E-state index is -0.857. The van der Waals surface area contributed by atoms with Gasteiger partial charge in [-0.05, 0) is 18.9 Å². The number of aryl methyl sites for hydroxylation is 2. The molecule has 116 valence electrons. The van der Waals surface area contributed by atoms with Gasteiger partial charge in [-0.15, -0.1) is 0 Å². The van der Waals surface area contributed by atoms with Crippen molar-refractivity contribution in [3.05, 3.63) is 22.5 Å². The number of aliphatic carboxylic acids is 1. The number of aromatic nitrogens is 2. The Labute approximate surface area is 128 Å². The van der Waals surface area contributed by atoms with Crippen molar-refractivity contribution in [2.45, 2.75) is 26.7 Å². The fraction of sp³-hybridized carbons (Fsp3) is 0.500. The first-order chi connectivity index (χ1) is 9.85. The summed E-state index contributed by atoms with van der Waals surface area (Å²) in [6.45, 7) is 4.05. The highest BCUT2D eigenvalue weighted by Gasteiger charge is 2.12. The third-order valence-corrected chi connectivity index (χ3v) is 3.65. The van der Waals surface area contributed by atoms with Gasteiger partial charge in [-0.25, -0.2) is 0 Å². The molecule has 7 heteroatoms. The van der Waals surface area contributed by atoms with Gasteiger partial charge in [-0.2, -0.15) is 5.10 Å². The monoisotopic (exact) mass is 313 g/mol. The highest BCUT2D eigenvalue weighted by atomic mass is 35.5. The smallest absolute Gasteiger partial charge is 0.303 e. The predicted octanol–water partition coefficient (Wildman–Crippen LogP) is 2.01. The van der Waals surface area contributed by atoms with Gasteiger partial charge in [0.1, 0.15) is 5.15 Å². The SMILES string of the molecule is CCC(CNC(=O)/C=C/c1c(C)nn(C)c1Cl)CC(=O)O. The summed E-state index contributed by atoms with van der Waals surface area (Å²) in [6.07, 6.45) is 3.74. The lowest BCUT2D eigenvalue weighted by Gasteiger charge is -2.12. The van der Waals surface area contributed by atoms with Crippen LogP contribution in [0.5, 0.6) is 0 Å². The molecule has 0 saturated heterocycles. The zero-order chi connectivity index (χ0) is 16.0. The van der Waals surface area contributed by atoms with Crippen LogP contribution in [0.15, 0.2) is 6.08 Å². The molecule has 0 aliphatic carbocycles. The molecule has 1 amide bonds. The van der Waals surface area contributed by atoms with Gasteiger partial charge < -0.3 is 10.4 Å². The van der Waals surface area contributed by atoms with Crippen LogP contribution in [0, 0.1) is 12.8 Å². The van der Waals surface area contributed by atoms with Gasteiger partial charge in [0.15, 0.2) is 0 Å². The number of carboxylic acid groups (broad SMARTS) is 1. The summed E-state index contributed by atoms with van der Waals surface area (Å²) in [4.78, 5) is 22.4. The lowest BCUT2D eigenvalue weighted by atomic mass is 10.0. The molecule has 1 aromatic heterocycles. The average molecular weight is 314 g/mol. The van der Waals surface area contributed by atoms with Crippen LogP contribution >= 0.6 is 11.6 Å². The van der Waals surface area contributed by atoms with E-state index in [9.17, 15) is 9.59 Å². The summed E-state index contributed by atoms with van der Waals surface area (Å²) in [6, 6.07) is 0. The summed E-state index contributed by atoms with van der Waals surface area (Å²) in [7, 11) is 1.73. The van der Waals surface area contributed by atoms with E-state index in [4.69, 9.17) is 16.7 Å². The summed E-state index contributed by atoms with van der Waals surface area (Å²) in [5, 5.41) is 16.1. The lowest BCUT2D eigenvalue weighted by molar-refractivity contribution is -0.138. The Morgan fingerprint density at radius 2 is 2.19 bits per heavy atom. The van der Waals surface area contributed by atoms with E-state index in [-0.39, 0.29) is 18.2 Å². The van der Waals surface area contributed by atoms with Crippen molar-refractivity contribution in [3.63, 3.8) is 0 Å². The molecule has 6 nitrogen and oxygen atoms in total. The van der Waals surface area contributed by atoms with Crippen LogP contribution in [0.4, 0.5) is 0 Å². The number of nitrogens with one attached hydrogen (secondary N) is 1. The Kier molecular flexibility index (Phi) is 6.42. The first-order valence-electron chi connectivity index (χ1n) is 6.71. The highest BCUT2D eigenvalue weighted by Crippen LogP contribution is 2.19. The number of carboxylic acids is 1. The fourth-order valence-corrected chi connectivity index (χ4v) is 2.14. The standard InChI is InChI=1S/C14H20ClN3O3/c1-4-10(7-13(20)21)8-16-12(19)6-5-11-9(2)17-18(3)14(11)15/h5-6,10H,4,7-8H2,1-3H3,(H,16,19)(H,20,21)/b6-5+. The number of carbonyl (C=O) groups excluding carboxylic acids is 1. The largest absolute Gasteiger partial charge is 0.481 e. The minimum Gasteiger partial charge on any atom is -0.481 e. The molecule has 0 aromatic carbocycles. The number of rotatable bonds is 7. The molecule has 0 radical (unpaired) electrons. The van der Waals surface area contributed by atoms with Gasteiger partial charge in [-0.1, -0.05) is 24.9 Å². The number of halogens is 1. The van der Waals surface area contributed by atoms with Crippen molar-refractivity contribution in [2.75, 3.05) is 6.54 Å². The first kappa shape index (κ1) is 17.2. The molecule has 0 aliphatic rings. The number of amides is 1. The van der Waals surface area contributed by atoms with Crippen molar-refractivity contribution in [1.29, 1.82) is 0 Å². The van der Waals surface area contributed by atoms with Crippen LogP contribution < -0.4 is 5.32 Å². The van der Waals surface area contributed by atoms with Gasteiger partial charge in [-0.3, -0.25) is 14.3 Å².